The molecule has 2 rings (SSSR count). The minimum absolute atomic E-state index is 0.0501. The van der Waals surface area contributed by atoms with E-state index in [1.165, 1.54) is 34.6 Å². The highest BCUT2D eigenvalue weighted by molar-refractivity contribution is 7.89. The molecule has 0 saturated carbocycles. The number of rotatable bonds is 6. The van der Waals surface area contributed by atoms with Gasteiger partial charge in [0.25, 0.3) is 5.91 Å². The van der Waals surface area contributed by atoms with Crippen molar-refractivity contribution in [3.63, 3.8) is 0 Å². The van der Waals surface area contributed by atoms with E-state index in [4.69, 9.17) is 0 Å². The minimum Gasteiger partial charge on any atom is -0.506 e. The van der Waals surface area contributed by atoms with Gasteiger partial charge in [0.05, 0.1) is 10.6 Å². The van der Waals surface area contributed by atoms with Crippen LogP contribution in [0.4, 0.5) is 5.69 Å². The van der Waals surface area contributed by atoms with Crippen LogP contribution in [0.2, 0.25) is 0 Å². The van der Waals surface area contributed by atoms with Crippen LogP contribution in [0.5, 0.6) is 5.75 Å². The molecule has 0 unspecified atom stereocenters. The first kappa shape index (κ1) is 19.0. The summed E-state index contributed by atoms with van der Waals surface area (Å²) in [5.41, 5.74) is 1.36. The monoisotopic (exact) mass is 362 g/mol. The van der Waals surface area contributed by atoms with Crippen molar-refractivity contribution >= 4 is 21.6 Å². The summed E-state index contributed by atoms with van der Waals surface area (Å²) in [6.45, 7) is 6.07. The summed E-state index contributed by atoms with van der Waals surface area (Å²) in [7, 11) is -3.64. The number of aryl methyl sites for hydroxylation is 1. The number of carbonyl (C=O) groups excluding carboxylic acids is 1. The average Bonchev–Trinajstić information content (AvgIpc) is 2.59. The molecule has 7 heteroatoms. The fourth-order valence-corrected chi connectivity index (χ4v) is 3.96. The third-order valence-electron chi connectivity index (χ3n) is 3.84. The fraction of sp³-hybridized carbons (Fsp3) is 0.278. The lowest BCUT2D eigenvalue weighted by molar-refractivity contribution is 0.102. The number of anilines is 1. The molecular weight excluding hydrogens is 340 g/mol. The molecular formula is C18H22N2O4S. The number of carbonyl (C=O) groups is 1. The third kappa shape index (κ3) is 4.18. The predicted octanol–water partition coefficient (Wildman–Crippen LogP) is 2.98. The van der Waals surface area contributed by atoms with Gasteiger partial charge in [-0.2, -0.15) is 4.31 Å². The zero-order valence-corrected chi connectivity index (χ0v) is 15.3. The number of aromatic hydroxyl groups is 1. The molecule has 0 bridgehead atoms. The molecule has 0 spiro atoms. The van der Waals surface area contributed by atoms with E-state index in [2.05, 4.69) is 5.32 Å². The number of sulfonamides is 1. The molecule has 0 aliphatic rings. The third-order valence-corrected chi connectivity index (χ3v) is 5.89. The number of hydrogen-bond acceptors (Lipinski definition) is 4. The number of phenols is 1. The summed E-state index contributed by atoms with van der Waals surface area (Å²) in [6.07, 6.45) is 0. The first-order valence-corrected chi connectivity index (χ1v) is 9.44. The Morgan fingerprint density at radius 2 is 1.80 bits per heavy atom. The first-order chi connectivity index (χ1) is 11.8. The summed E-state index contributed by atoms with van der Waals surface area (Å²) < 4.78 is 26.5. The maximum atomic E-state index is 12.6. The van der Waals surface area contributed by atoms with Gasteiger partial charge in [0.15, 0.2) is 0 Å². The van der Waals surface area contributed by atoms with Gasteiger partial charge in [0.1, 0.15) is 5.75 Å². The zero-order valence-electron chi connectivity index (χ0n) is 14.5. The van der Waals surface area contributed by atoms with Crippen molar-refractivity contribution < 1.29 is 18.3 Å². The van der Waals surface area contributed by atoms with Crippen molar-refractivity contribution in [1.29, 1.82) is 0 Å². The van der Waals surface area contributed by atoms with Gasteiger partial charge in [0, 0.05) is 18.7 Å². The molecule has 0 saturated heterocycles. The van der Waals surface area contributed by atoms with Crippen molar-refractivity contribution in [3.8, 4) is 5.75 Å². The number of nitrogens with zero attached hydrogens (tertiary/aromatic N) is 1. The van der Waals surface area contributed by atoms with Gasteiger partial charge < -0.3 is 10.4 Å². The minimum atomic E-state index is -3.64. The lowest BCUT2D eigenvalue weighted by atomic mass is 10.1. The van der Waals surface area contributed by atoms with Crippen LogP contribution in [0.15, 0.2) is 47.4 Å². The van der Waals surface area contributed by atoms with Crippen LogP contribution in [-0.4, -0.2) is 36.8 Å². The normalized spacial score (nSPS) is 11.5. The maximum absolute atomic E-state index is 12.6. The van der Waals surface area contributed by atoms with E-state index in [9.17, 15) is 18.3 Å². The van der Waals surface area contributed by atoms with E-state index in [1.54, 1.807) is 26.0 Å². The first-order valence-electron chi connectivity index (χ1n) is 8.00. The second-order valence-corrected chi connectivity index (χ2v) is 7.53. The lowest BCUT2D eigenvalue weighted by Gasteiger charge is -2.18. The van der Waals surface area contributed by atoms with Gasteiger partial charge in [-0.1, -0.05) is 26.0 Å². The highest BCUT2D eigenvalue weighted by Crippen LogP contribution is 2.25. The highest BCUT2D eigenvalue weighted by atomic mass is 32.2. The Labute approximate surface area is 148 Å². The van der Waals surface area contributed by atoms with Crippen LogP contribution in [0.25, 0.3) is 0 Å². The Balaban J connectivity index is 2.32. The summed E-state index contributed by atoms with van der Waals surface area (Å²) in [5.74, 6) is -0.539. The number of amides is 1. The average molecular weight is 362 g/mol. The van der Waals surface area contributed by atoms with Crippen LogP contribution in [-0.2, 0) is 10.0 Å². The highest BCUT2D eigenvalue weighted by Gasteiger charge is 2.22. The van der Waals surface area contributed by atoms with Crippen LogP contribution >= 0.6 is 0 Å². The van der Waals surface area contributed by atoms with E-state index in [-0.39, 0.29) is 21.9 Å². The van der Waals surface area contributed by atoms with Crippen molar-refractivity contribution in [1.82, 2.24) is 4.31 Å². The summed E-state index contributed by atoms with van der Waals surface area (Å²) >= 11 is 0. The van der Waals surface area contributed by atoms with Gasteiger partial charge in [0.2, 0.25) is 10.0 Å². The van der Waals surface area contributed by atoms with E-state index in [0.29, 0.717) is 13.1 Å². The molecule has 2 aromatic rings. The molecule has 0 fully saturated rings. The van der Waals surface area contributed by atoms with Gasteiger partial charge in [-0.15, -0.1) is 0 Å². The molecule has 2 aromatic carbocycles. The number of nitrogens with one attached hydrogen (secondary N) is 1. The van der Waals surface area contributed by atoms with Crippen molar-refractivity contribution in [2.24, 2.45) is 0 Å². The molecule has 2 N–H and O–H groups in total. The summed E-state index contributed by atoms with van der Waals surface area (Å²) in [6, 6.07) is 10.7. The molecule has 1 amide bonds. The molecule has 25 heavy (non-hydrogen) atoms. The van der Waals surface area contributed by atoms with E-state index < -0.39 is 15.9 Å². The summed E-state index contributed by atoms with van der Waals surface area (Å²) in [4.78, 5) is 12.5. The smallest absolute Gasteiger partial charge is 0.255 e. The SMILES string of the molecule is CCN(CC)S(=O)(=O)c1cccc(C(=O)Nc2cc(C)ccc2O)c1. The molecule has 134 valence electrons. The molecule has 0 radical (unpaired) electrons. The standard InChI is InChI=1S/C18H22N2O4S/c1-4-20(5-2)25(23,24)15-8-6-7-14(12-15)18(22)19-16-11-13(3)9-10-17(16)21/h6-12,21H,4-5H2,1-3H3,(H,19,22). The molecule has 0 aliphatic carbocycles. The molecule has 0 atom stereocenters. The molecule has 0 aliphatic heterocycles. The number of benzene rings is 2. The second kappa shape index (κ2) is 7.67. The summed E-state index contributed by atoms with van der Waals surface area (Å²) in [5, 5.41) is 12.4. The predicted molar refractivity (Wildman–Crippen MR) is 97.3 cm³/mol. The van der Waals surface area contributed by atoms with Gasteiger partial charge >= 0.3 is 0 Å². The Kier molecular flexibility index (Phi) is 5.81. The van der Waals surface area contributed by atoms with Crippen molar-refractivity contribution in [2.45, 2.75) is 25.7 Å². The Morgan fingerprint density at radius 1 is 1.12 bits per heavy atom. The van der Waals surface area contributed by atoms with Crippen LogP contribution in [0.3, 0.4) is 0 Å². The van der Waals surface area contributed by atoms with Crippen LogP contribution in [0, 0.1) is 6.92 Å². The Hall–Kier alpha value is -2.38. The van der Waals surface area contributed by atoms with E-state index in [0.717, 1.165) is 5.56 Å². The second-order valence-electron chi connectivity index (χ2n) is 5.59. The lowest BCUT2D eigenvalue weighted by Crippen LogP contribution is -2.30. The molecule has 0 heterocycles. The van der Waals surface area contributed by atoms with E-state index in [1.807, 2.05) is 6.92 Å². The fourth-order valence-electron chi connectivity index (χ4n) is 2.45. The van der Waals surface area contributed by atoms with Gasteiger partial charge in [-0.3, -0.25) is 4.79 Å². The number of phenolic OH excluding ortho intramolecular Hbond substituents is 1. The van der Waals surface area contributed by atoms with E-state index >= 15 is 0 Å². The maximum Gasteiger partial charge on any atom is 0.255 e. The van der Waals surface area contributed by atoms with Gasteiger partial charge in [-0.25, -0.2) is 8.42 Å². The topological polar surface area (TPSA) is 86.7 Å². The van der Waals surface area contributed by atoms with Crippen LogP contribution in [0.1, 0.15) is 29.8 Å². The van der Waals surface area contributed by atoms with Crippen molar-refractivity contribution in [3.05, 3.63) is 53.6 Å². The van der Waals surface area contributed by atoms with Crippen molar-refractivity contribution in [2.75, 3.05) is 18.4 Å². The Morgan fingerprint density at radius 3 is 2.44 bits per heavy atom. The number of hydrogen-bond donors (Lipinski definition) is 2. The largest absolute Gasteiger partial charge is 0.506 e. The van der Waals surface area contributed by atoms with Gasteiger partial charge in [-0.05, 0) is 42.8 Å². The zero-order chi connectivity index (χ0) is 18.6. The Bertz CT molecular complexity index is 874. The van der Waals surface area contributed by atoms with Crippen LogP contribution < -0.4 is 5.32 Å². The molecule has 6 nitrogen and oxygen atoms in total. The molecule has 0 aromatic heterocycles. The quantitative estimate of drug-likeness (QED) is 0.774.